The van der Waals surface area contributed by atoms with Crippen LogP contribution in [0, 0.1) is 0 Å². The molecule has 4 aliphatic rings. The highest BCUT2D eigenvalue weighted by Gasteiger charge is 2.48. The summed E-state index contributed by atoms with van der Waals surface area (Å²) in [5.41, 5.74) is 15.5. The molecule has 0 aliphatic carbocycles. The third kappa shape index (κ3) is 3.29. The Bertz CT molecular complexity index is 2400. The van der Waals surface area contributed by atoms with Crippen molar-refractivity contribution in [2.24, 2.45) is 0 Å². The van der Waals surface area contributed by atoms with Gasteiger partial charge in [0.1, 0.15) is 0 Å². The monoisotopic (exact) mass is 617 g/mol. The molecule has 7 aromatic rings. The Morgan fingerprint density at radius 2 is 0.872 bits per heavy atom. The zero-order valence-electron chi connectivity index (χ0n) is 25.5. The number of nitrogens with zero attached hydrogens (tertiary/aromatic N) is 3. The number of para-hydroxylation sites is 5. The van der Waals surface area contributed by atoms with Crippen molar-refractivity contribution in [3.8, 4) is 0 Å². The fraction of sp³-hybridized carbons (Fsp3) is 0. The van der Waals surface area contributed by atoms with Crippen LogP contribution in [0.25, 0.3) is 0 Å². The number of rotatable bonds is 2. The molecule has 220 valence electrons. The van der Waals surface area contributed by atoms with E-state index in [2.05, 4.69) is 178 Å². The van der Waals surface area contributed by atoms with Crippen molar-refractivity contribution in [2.45, 2.75) is 14.7 Å². The second-order valence-corrected chi connectivity index (χ2v) is 14.6. The summed E-state index contributed by atoms with van der Waals surface area (Å²) in [6, 6.07) is 60.7. The van der Waals surface area contributed by atoms with E-state index >= 15 is 0 Å². The molecule has 5 heteroatoms. The summed E-state index contributed by atoms with van der Waals surface area (Å²) in [5, 5.41) is 0. The third-order valence-electron chi connectivity index (χ3n) is 10.2. The summed E-state index contributed by atoms with van der Waals surface area (Å²) in [6.07, 6.45) is 0. The number of fused-ring (bicyclic) bond motifs is 9. The van der Waals surface area contributed by atoms with Gasteiger partial charge in [-0.3, -0.25) is 0 Å². The number of thiol groups is 1. The first-order chi connectivity index (χ1) is 23.4. The Balaban J connectivity index is 1.27. The van der Waals surface area contributed by atoms with Crippen LogP contribution in [0.1, 0.15) is 0 Å². The van der Waals surface area contributed by atoms with Gasteiger partial charge in [-0.15, -0.1) is 0 Å². The van der Waals surface area contributed by atoms with E-state index in [9.17, 15) is 0 Å². The minimum absolute atomic E-state index is 0.143. The van der Waals surface area contributed by atoms with Gasteiger partial charge in [0.15, 0.2) is 0 Å². The Hall–Kier alpha value is -5.65. The van der Waals surface area contributed by atoms with Crippen LogP contribution in [-0.2, 0) is 0 Å². The fourth-order valence-corrected chi connectivity index (χ4v) is 11.3. The second-order valence-electron chi connectivity index (χ2n) is 12.6. The quantitative estimate of drug-likeness (QED) is 0.153. The van der Waals surface area contributed by atoms with Crippen molar-refractivity contribution in [1.29, 1.82) is 0 Å². The molecular formula is C42H28BN3S. The topological polar surface area (TPSA) is 9.72 Å². The van der Waals surface area contributed by atoms with Crippen molar-refractivity contribution >= 4 is 85.2 Å². The molecule has 1 atom stereocenters. The summed E-state index contributed by atoms with van der Waals surface area (Å²) in [5.74, 6) is 0. The molecule has 0 N–H and O–H groups in total. The van der Waals surface area contributed by atoms with Crippen molar-refractivity contribution in [1.82, 2.24) is 0 Å². The lowest BCUT2D eigenvalue weighted by atomic mass is 9.33. The van der Waals surface area contributed by atoms with Crippen molar-refractivity contribution < 1.29 is 0 Å². The lowest BCUT2D eigenvalue weighted by Crippen LogP contribution is -2.61. The van der Waals surface area contributed by atoms with Crippen LogP contribution in [-0.4, -0.2) is 6.71 Å². The first kappa shape index (κ1) is 25.5. The molecule has 0 saturated heterocycles. The van der Waals surface area contributed by atoms with E-state index < -0.39 is 10.9 Å². The standard InChI is InChI=1S/C42H28BN3S/c1-3-14-28(15-4-1)44-32-20-9-7-18-30(32)43-31-19-8-10-21-33(31)46-37-24-13-23-36-42(37)47(39-27-26-35(44)40(43)41(39)46)38-25-12-11-22-34(38)45(36)29-16-5-2-6-17-29/h1-27,47H. The van der Waals surface area contributed by atoms with Gasteiger partial charge in [-0.25, -0.2) is 0 Å². The van der Waals surface area contributed by atoms with Gasteiger partial charge in [0, 0.05) is 43.1 Å². The molecule has 0 spiro atoms. The van der Waals surface area contributed by atoms with Gasteiger partial charge in [-0.05, 0) is 89.2 Å². The lowest BCUT2D eigenvalue weighted by molar-refractivity contribution is 1.09. The highest BCUT2D eigenvalue weighted by atomic mass is 32.2. The molecule has 1 unspecified atom stereocenters. The average Bonchev–Trinajstić information content (AvgIpc) is 3.14. The molecule has 0 saturated carbocycles. The summed E-state index contributed by atoms with van der Waals surface area (Å²) in [7, 11) is -0.822. The molecule has 47 heavy (non-hydrogen) atoms. The Labute approximate surface area is 277 Å². The number of hydrogen-bond acceptors (Lipinski definition) is 3. The van der Waals surface area contributed by atoms with E-state index in [0.29, 0.717) is 0 Å². The first-order valence-corrected chi connectivity index (χ1v) is 17.6. The number of hydrogen-bond donors (Lipinski definition) is 1. The smallest absolute Gasteiger partial charge is 0.252 e. The van der Waals surface area contributed by atoms with Crippen LogP contribution in [0.2, 0.25) is 0 Å². The van der Waals surface area contributed by atoms with Crippen LogP contribution >= 0.6 is 10.9 Å². The highest BCUT2D eigenvalue weighted by Crippen LogP contribution is 2.71. The van der Waals surface area contributed by atoms with Crippen molar-refractivity contribution in [3.63, 3.8) is 0 Å². The van der Waals surface area contributed by atoms with Crippen LogP contribution in [0.15, 0.2) is 178 Å². The molecule has 4 heterocycles. The molecule has 11 rings (SSSR count). The SMILES string of the molecule is c1ccc(N2c3ccccc3B3c4ccccc4N4c5cccc6c5[SH](c5ccccc5N6c5ccccc5)c5ccc2c3c54)cc1. The lowest BCUT2D eigenvalue weighted by Gasteiger charge is -2.51. The summed E-state index contributed by atoms with van der Waals surface area (Å²) >= 11 is 0. The molecule has 7 aromatic carbocycles. The van der Waals surface area contributed by atoms with Gasteiger partial charge in [0.25, 0.3) is 6.71 Å². The highest BCUT2D eigenvalue weighted by molar-refractivity contribution is 8.17. The van der Waals surface area contributed by atoms with E-state index in [1.54, 1.807) is 0 Å². The normalized spacial score (nSPS) is 16.5. The predicted molar refractivity (Wildman–Crippen MR) is 199 cm³/mol. The molecule has 0 fully saturated rings. The number of anilines is 9. The Morgan fingerprint density at radius 1 is 0.362 bits per heavy atom. The average molecular weight is 618 g/mol. The maximum absolute atomic E-state index is 2.60. The van der Waals surface area contributed by atoms with Crippen LogP contribution in [0.5, 0.6) is 0 Å². The van der Waals surface area contributed by atoms with E-state index in [-0.39, 0.29) is 6.71 Å². The van der Waals surface area contributed by atoms with Gasteiger partial charge in [-0.2, -0.15) is 10.9 Å². The fourth-order valence-electron chi connectivity index (χ4n) is 8.49. The van der Waals surface area contributed by atoms with Gasteiger partial charge < -0.3 is 14.7 Å². The maximum Gasteiger partial charge on any atom is 0.252 e. The molecule has 3 nitrogen and oxygen atoms in total. The second kappa shape index (κ2) is 9.44. The number of benzene rings is 7. The van der Waals surface area contributed by atoms with E-state index in [1.807, 2.05) is 0 Å². The first-order valence-electron chi connectivity index (χ1n) is 16.3. The third-order valence-corrected chi connectivity index (χ3v) is 12.8. The molecule has 4 aliphatic heterocycles. The van der Waals surface area contributed by atoms with Gasteiger partial charge in [0.05, 0.1) is 22.7 Å². The Kier molecular flexibility index (Phi) is 5.13. The summed E-state index contributed by atoms with van der Waals surface area (Å²) in [4.78, 5) is 11.8. The zero-order valence-corrected chi connectivity index (χ0v) is 26.3. The predicted octanol–water partition coefficient (Wildman–Crippen LogP) is 9.34. The summed E-state index contributed by atoms with van der Waals surface area (Å²) in [6.45, 7) is 0.143. The molecule has 0 aromatic heterocycles. The van der Waals surface area contributed by atoms with E-state index in [0.717, 1.165) is 0 Å². The minimum Gasteiger partial charge on any atom is -0.311 e. The van der Waals surface area contributed by atoms with Gasteiger partial charge in [0.2, 0.25) is 0 Å². The van der Waals surface area contributed by atoms with Crippen LogP contribution in [0.3, 0.4) is 0 Å². The van der Waals surface area contributed by atoms with E-state index in [4.69, 9.17) is 0 Å². The van der Waals surface area contributed by atoms with Crippen LogP contribution < -0.4 is 31.1 Å². The maximum atomic E-state index is 2.60. The van der Waals surface area contributed by atoms with Crippen molar-refractivity contribution in [3.05, 3.63) is 164 Å². The largest absolute Gasteiger partial charge is 0.311 e. The molecule has 0 amide bonds. The van der Waals surface area contributed by atoms with Gasteiger partial charge in [-0.1, -0.05) is 91.0 Å². The van der Waals surface area contributed by atoms with Crippen molar-refractivity contribution in [2.75, 3.05) is 14.7 Å². The Morgan fingerprint density at radius 3 is 1.55 bits per heavy atom. The molecule has 0 radical (unpaired) electrons. The molecule has 0 bridgehead atoms. The summed E-state index contributed by atoms with van der Waals surface area (Å²) < 4.78 is 0. The van der Waals surface area contributed by atoms with E-state index in [1.165, 1.54) is 82.3 Å². The van der Waals surface area contributed by atoms with Crippen LogP contribution in [0.4, 0.5) is 51.2 Å². The molecular weight excluding hydrogens is 589 g/mol. The van der Waals surface area contributed by atoms with Gasteiger partial charge >= 0.3 is 0 Å². The zero-order chi connectivity index (χ0) is 30.6. The minimum atomic E-state index is -0.822.